The van der Waals surface area contributed by atoms with E-state index in [1.165, 1.54) is 5.69 Å². The van der Waals surface area contributed by atoms with Crippen molar-refractivity contribution in [1.29, 1.82) is 0 Å². The molecule has 0 bridgehead atoms. The van der Waals surface area contributed by atoms with Crippen molar-refractivity contribution in [3.8, 4) is 28.5 Å². The summed E-state index contributed by atoms with van der Waals surface area (Å²) in [6.45, 7) is 18.0. The van der Waals surface area contributed by atoms with Gasteiger partial charge >= 0.3 is 0 Å². The number of fused-ring (bicyclic) bond motifs is 2. The number of ether oxygens (including phenoxy) is 3. The minimum atomic E-state index is -0.148. The van der Waals surface area contributed by atoms with Crippen LogP contribution < -0.4 is 15.0 Å². The van der Waals surface area contributed by atoms with Gasteiger partial charge < -0.3 is 34.4 Å². The maximum absolute atomic E-state index is 6.01. The summed E-state index contributed by atoms with van der Waals surface area (Å²) in [7, 11) is 0.807. The molecular formula is C37H51N6O3P. The number of aromatic amines is 2. The van der Waals surface area contributed by atoms with Crippen LogP contribution in [0.3, 0.4) is 0 Å². The monoisotopic (exact) mass is 658 g/mol. The Bertz CT molecular complexity index is 1700. The van der Waals surface area contributed by atoms with Gasteiger partial charge in [-0.2, -0.15) is 0 Å². The molecule has 9 nitrogen and oxygen atoms in total. The highest BCUT2D eigenvalue weighted by atomic mass is 31.1. The van der Waals surface area contributed by atoms with Gasteiger partial charge in [0.1, 0.15) is 17.4 Å². The van der Waals surface area contributed by atoms with E-state index in [9.17, 15) is 0 Å². The molecule has 47 heavy (non-hydrogen) atoms. The van der Waals surface area contributed by atoms with Crippen LogP contribution in [0.15, 0.2) is 60.7 Å². The SMILES string of the molecule is CCNCCN(CC)c1ccc2nc(-c3ccc4nc(-c5ccc(OCCC(C)OCCC(C)(C)OCPC)cc5)[nH]c4c3)[nH]c2c1. The number of benzene rings is 3. The fraction of sp³-hybridized carbons (Fsp3) is 0.459. The lowest BCUT2D eigenvalue weighted by Crippen LogP contribution is -2.31. The van der Waals surface area contributed by atoms with E-state index in [4.69, 9.17) is 24.2 Å². The van der Waals surface area contributed by atoms with Crippen LogP contribution in [0.25, 0.3) is 44.8 Å². The normalized spacial score (nSPS) is 12.9. The van der Waals surface area contributed by atoms with Gasteiger partial charge in [-0.15, -0.1) is 0 Å². The van der Waals surface area contributed by atoms with Crippen molar-refractivity contribution in [1.82, 2.24) is 25.3 Å². The number of hydrogen-bond donors (Lipinski definition) is 3. The molecule has 2 aromatic heterocycles. The van der Waals surface area contributed by atoms with Crippen LogP contribution in [-0.2, 0) is 9.47 Å². The van der Waals surface area contributed by atoms with Crippen LogP contribution in [0.4, 0.5) is 5.69 Å². The van der Waals surface area contributed by atoms with E-state index in [1.807, 2.05) is 30.3 Å². The highest BCUT2D eigenvalue weighted by Gasteiger charge is 2.18. The van der Waals surface area contributed by atoms with E-state index in [2.05, 4.69) is 91.8 Å². The molecule has 2 atom stereocenters. The molecule has 10 heteroatoms. The molecule has 0 spiro atoms. The van der Waals surface area contributed by atoms with Crippen LogP contribution in [0.1, 0.15) is 47.5 Å². The number of H-pyrrole nitrogens is 2. The number of aromatic nitrogens is 4. The van der Waals surface area contributed by atoms with E-state index in [0.717, 1.165) is 105 Å². The zero-order valence-corrected chi connectivity index (χ0v) is 29.8. The molecular weight excluding hydrogens is 607 g/mol. The fourth-order valence-corrected chi connectivity index (χ4v) is 6.00. The van der Waals surface area contributed by atoms with Crippen LogP contribution in [-0.4, -0.2) is 84.0 Å². The maximum Gasteiger partial charge on any atom is 0.138 e. The van der Waals surface area contributed by atoms with Crippen LogP contribution in [0.2, 0.25) is 0 Å². The third-order valence-corrected chi connectivity index (χ3v) is 8.84. The first-order valence-electron chi connectivity index (χ1n) is 16.9. The lowest BCUT2D eigenvalue weighted by molar-refractivity contribution is -0.0328. The summed E-state index contributed by atoms with van der Waals surface area (Å²) in [5, 5.41) is 3.42. The lowest BCUT2D eigenvalue weighted by Gasteiger charge is -2.25. The molecule has 2 unspecified atom stereocenters. The lowest BCUT2D eigenvalue weighted by atomic mass is 10.1. The largest absolute Gasteiger partial charge is 0.493 e. The van der Waals surface area contributed by atoms with Gasteiger partial charge in [0, 0.05) is 49.5 Å². The van der Waals surface area contributed by atoms with E-state index in [1.54, 1.807) is 0 Å². The van der Waals surface area contributed by atoms with Crippen molar-refractivity contribution < 1.29 is 14.2 Å². The van der Waals surface area contributed by atoms with Crippen molar-refractivity contribution >= 4 is 36.3 Å². The predicted molar refractivity (Wildman–Crippen MR) is 197 cm³/mol. The molecule has 0 saturated heterocycles. The molecule has 3 N–H and O–H groups in total. The Hall–Kier alpha value is -3.49. The second-order valence-corrected chi connectivity index (χ2v) is 13.5. The summed E-state index contributed by atoms with van der Waals surface area (Å²) in [6, 6.07) is 20.8. The second-order valence-electron chi connectivity index (χ2n) is 12.5. The highest BCUT2D eigenvalue weighted by molar-refractivity contribution is 7.36. The van der Waals surface area contributed by atoms with Crippen LogP contribution in [0, 0.1) is 0 Å². The Kier molecular flexibility index (Phi) is 12.3. The average Bonchev–Trinajstić information content (AvgIpc) is 3.70. The minimum absolute atomic E-state index is 0.125. The van der Waals surface area contributed by atoms with Gasteiger partial charge in [0.15, 0.2) is 0 Å². The van der Waals surface area contributed by atoms with E-state index < -0.39 is 0 Å². The van der Waals surface area contributed by atoms with Crippen molar-refractivity contribution in [2.75, 3.05) is 57.3 Å². The smallest absolute Gasteiger partial charge is 0.138 e. The molecule has 0 fully saturated rings. The number of likely N-dealkylation sites (N-methyl/N-ethyl adjacent to an activating group) is 2. The first-order chi connectivity index (χ1) is 22.8. The molecule has 0 saturated carbocycles. The van der Waals surface area contributed by atoms with Gasteiger partial charge in [-0.05, 0) is 108 Å². The molecule has 2 heterocycles. The quantitative estimate of drug-likeness (QED) is 0.0614. The number of nitrogens with zero attached hydrogens (tertiary/aromatic N) is 3. The molecule has 0 aliphatic heterocycles. The fourth-order valence-electron chi connectivity index (χ4n) is 5.47. The summed E-state index contributed by atoms with van der Waals surface area (Å²) in [5.41, 5.74) is 6.94. The third-order valence-electron chi connectivity index (χ3n) is 8.41. The van der Waals surface area contributed by atoms with E-state index in [-0.39, 0.29) is 11.7 Å². The standard InChI is InChI=1S/C37H51N6O3P/c1-7-38-19-20-43(8-2)29-12-16-32-34(24-29)42-36(40-32)28-11-15-31-33(23-28)41-35(39-31)27-9-13-30(14-10-27)45-21-17-26(3)44-22-18-37(4,5)46-25-47-6/h9-16,23-24,26,38,47H,7-8,17-22,25H2,1-6H3,(H,39,41)(H,40,42). The Morgan fingerprint density at radius 3 is 2.28 bits per heavy atom. The van der Waals surface area contributed by atoms with Crippen LogP contribution >= 0.6 is 8.58 Å². The predicted octanol–water partition coefficient (Wildman–Crippen LogP) is 7.83. The topological polar surface area (TPSA) is 100 Å². The van der Waals surface area contributed by atoms with Crippen molar-refractivity contribution in [3.63, 3.8) is 0 Å². The van der Waals surface area contributed by atoms with Gasteiger partial charge in [-0.3, -0.25) is 0 Å². The second kappa shape index (κ2) is 16.6. The number of hydrogen-bond acceptors (Lipinski definition) is 7. The summed E-state index contributed by atoms with van der Waals surface area (Å²) < 4.78 is 17.9. The molecule has 0 amide bonds. The number of anilines is 1. The zero-order chi connectivity index (χ0) is 33.2. The van der Waals surface area contributed by atoms with Crippen LogP contribution in [0.5, 0.6) is 5.75 Å². The third kappa shape index (κ3) is 9.54. The molecule has 0 aliphatic carbocycles. The summed E-state index contributed by atoms with van der Waals surface area (Å²) >= 11 is 0. The van der Waals surface area contributed by atoms with Crippen molar-refractivity contribution in [2.24, 2.45) is 0 Å². The summed E-state index contributed by atoms with van der Waals surface area (Å²) in [6.07, 6.45) is 2.64. The Labute approximate surface area is 281 Å². The van der Waals surface area contributed by atoms with Gasteiger partial charge in [-0.1, -0.05) is 15.5 Å². The molecule has 0 aliphatic rings. The van der Waals surface area contributed by atoms with Gasteiger partial charge in [-0.25, -0.2) is 9.97 Å². The maximum atomic E-state index is 6.01. The Morgan fingerprint density at radius 1 is 0.894 bits per heavy atom. The number of imidazole rings is 2. The number of nitrogens with one attached hydrogen (secondary N) is 3. The zero-order valence-electron chi connectivity index (χ0n) is 28.8. The number of rotatable bonds is 19. The van der Waals surface area contributed by atoms with Crippen molar-refractivity contribution in [3.05, 3.63) is 60.7 Å². The van der Waals surface area contributed by atoms with Gasteiger partial charge in [0.05, 0.1) is 46.7 Å². The highest BCUT2D eigenvalue weighted by Crippen LogP contribution is 2.29. The minimum Gasteiger partial charge on any atom is -0.493 e. The van der Waals surface area contributed by atoms with E-state index in [0.29, 0.717) is 13.2 Å². The molecule has 5 aromatic rings. The Morgan fingerprint density at radius 2 is 1.57 bits per heavy atom. The van der Waals surface area contributed by atoms with Crippen molar-refractivity contribution in [2.45, 2.75) is 59.2 Å². The van der Waals surface area contributed by atoms with E-state index >= 15 is 0 Å². The molecule has 252 valence electrons. The first-order valence-corrected chi connectivity index (χ1v) is 18.6. The van der Waals surface area contributed by atoms with Gasteiger partial charge in [0.25, 0.3) is 0 Å². The summed E-state index contributed by atoms with van der Waals surface area (Å²) in [5.74, 6) is 2.50. The van der Waals surface area contributed by atoms with Gasteiger partial charge in [0.2, 0.25) is 0 Å². The molecule has 3 aromatic carbocycles. The first kappa shape index (κ1) is 34.8. The average molecular weight is 659 g/mol. The molecule has 5 rings (SSSR count). The summed E-state index contributed by atoms with van der Waals surface area (Å²) in [4.78, 5) is 19.2. The molecule has 0 radical (unpaired) electrons. The Balaban J connectivity index is 1.17.